The van der Waals surface area contributed by atoms with Gasteiger partial charge in [-0.2, -0.15) is 0 Å². The highest BCUT2D eigenvalue weighted by Crippen LogP contribution is 2.22. The molecule has 1 N–H and O–H groups in total. The van der Waals surface area contributed by atoms with Crippen molar-refractivity contribution in [1.82, 2.24) is 4.98 Å². The molecule has 1 aromatic heterocycles. The topological polar surface area (TPSA) is 50.2 Å². The highest BCUT2D eigenvalue weighted by Gasteiger charge is 2.05. The standard InChI is InChI=1S/C13H13NO2/c1-9-7-14-8-11-4-2-3-10(13(9)11)5-6-12(15)16/h2-4,7-8H,5-6H2,1H3,(H,15,16). The lowest BCUT2D eigenvalue weighted by Crippen LogP contribution is -1.98. The molecule has 1 aromatic carbocycles. The van der Waals surface area contributed by atoms with Gasteiger partial charge in [-0.1, -0.05) is 18.2 Å². The lowest BCUT2D eigenvalue weighted by molar-refractivity contribution is -0.136. The van der Waals surface area contributed by atoms with Crippen LogP contribution in [-0.4, -0.2) is 16.1 Å². The summed E-state index contributed by atoms with van der Waals surface area (Å²) >= 11 is 0. The number of pyridine rings is 1. The van der Waals surface area contributed by atoms with Crippen molar-refractivity contribution >= 4 is 16.7 Å². The van der Waals surface area contributed by atoms with Crippen molar-refractivity contribution in [2.45, 2.75) is 19.8 Å². The van der Waals surface area contributed by atoms with Crippen LogP contribution >= 0.6 is 0 Å². The number of fused-ring (bicyclic) bond motifs is 1. The molecule has 0 amide bonds. The number of carboxylic acid groups (broad SMARTS) is 1. The second-order valence-electron chi connectivity index (χ2n) is 3.87. The summed E-state index contributed by atoms with van der Waals surface area (Å²) in [5, 5.41) is 10.9. The van der Waals surface area contributed by atoms with E-state index in [0.29, 0.717) is 6.42 Å². The van der Waals surface area contributed by atoms with Crippen molar-refractivity contribution in [3.05, 3.63) is 41.7 Å². The third-order valence-corrected chi connectivity index (χ3v) is 2.67. The van der Waals surface area contributed by atoms with Gasteiger partial charge in [0.25, 0.3) is 0 Å². The molecule has 0 spiro atoms. The Bertz CT molecular complexity index is 529. The molecule has 0 radical (unpaired) electrons. The van der Waals surface area contributed by atoms with Crippen LogP contribution in [0.1, 0.15) is 17.5 Å². The Morgan fingerprint density at radius 2 is 2.19 bits per heavy atom. The van der Waals surface area contributed by atoms with Crippen molar-refractivity contribution in [2.24, 2.45) is 0 Å². The highest BCUT2D eigenvalue weighted by molar-refractivity contribution is 5.88. The molecule has 2 rings (SSSR count). The van der Waals surface area contributed by atoms with E-state index in [0.717, 1.165) is 21.9 Å². The number of carbonyl (C=O) groups is 1. The minimum atomic E-state index is -0.760. The van der Waals surface area contributed by atoms with Gasteiger partial charge in [0.2, 0.25) is 0 Å². The zero-order valence-corrected chi connectivity index (χ0v) is 9.10. The number of benzene rings is 1. The summed E-state index contributed by atoms with van der Waals surface area (Å²) in [4.78, 5) is 14.7. The van der Waals surface area contributed by atoms with Crippen LogP contribution in [0.2, 0.25) is 0 Å². The molecule has 16 heavy (non-hydrogen) atoms. The maximum absolute atomic E-state index is 10.6. The van der Waals surface area contributed by atoms with Crippen LogP contribution in [0, 0.1) is 6.92 Å². The minimum absolute atomic E-state index is 0.168. The fraction of sp³-hybridized carbons (Fsp3) is 0.231. The van der Waals surface area contributed by atoms with Crippen LogP contribution < -0.4 is 0 Å². The van der Waals surface area contributed by atoms with Crippen LogP contribution in [0.15, 0.2) is 30.6 Å². The molecular formula is C13H13NO2. The molecule has 82 valence electrons. The average Bonchev–Trinajstić information content (AvgIpc) is 2.26. The van der Waals surface area contributed by atoms with Crippen LogP contribution in [0.25, 0.3) is 10.8 Å². The Balaban J connectivity index is 2.48. The van der Waals surface area contributed by atoms with Gasteiger partial charge in [-0.25, -0.2) is 0 Å². The Kier molecular flexibility index (Phi) is 2.86. The quantitative estimate of drug-likeness (QED) is 0.856. The van der Waals surface area contributed by atoms with Crippen molar-refractivity contribution in [1.29, 1.82) is 0 Å². The molecule has 0 bridgehead atoms. The van der Waals surface area contributed by atoms with Crippen molar-refractivity contribution in [2.75, 3.05) is 0 Å². The van der Waals surface area contributed by atoms with Gasteiger partial charge in [-0.3, -0.25) is 9.78 Å². The molecule has 0 unspecified atom stereocenters. The summed E-state index contributed by atoms with van der Waals surface area (Å²) in [7, 11) is 0. The predicted octanol–water partition coefficient (Wildman–Crippen LogP) is 2.56. The molecular weight excluding hydrogens is 202 g/mol. The molecule has 2 aromatic rings. The molecule has 0 saturated heterocycles. The highest BCUT2D eigenvalue weighted by atomic mass is 16.4. The van der Waals surface area contributed by atoms with Gasteiger partial charge in [0.15, 0.2) is 0 Å². The van der Waals surface area contributed by atoms with Crippen LogP contribution in [0.5, 0.6) is 0 Å². The smallest absolute Gasteiger partial charge is 0.303 e. The SMILES string of the molecule is Cc1cncc2cccc(CCC(=O)O)c12. The summed E-state index contributed by atoms with van der Waals surface area (Å²) in [6, 6.07) is 5.93. The van der Waals surface area contributed by atoms with E-state index in [4.69, 9.17) is 5.11 Å². The van der Waals surface area contributed by atoms with Crippen molar-refractivity contribution in [3.8, 4) is 0 Å². The zero-order valence-electron chi connectivity index (χ0n) is 9.10. The normalized spacial score (nSPS) is 10.6. The molecule has 3 heteroatoms. The summed E-state index contributed by atoms with van der Waals surface area (Å²) in [5.41, 5.74) is 2.18. The van der Waals surface area contributed by atoms with Crippen LogP contribution in [-0.2, 0) is 11.2 Å². The van der Waals surface area contributed by atoms with E-state index in [1.165, 1.54) is 0 Å². The molecule has 0 saturated carbocycles. The molecule has 0 fully saturated rings. The number of aryl methyl sites for hydroxylation is 2. The molecule has 1 heterocycles. The van der Waals surface area contributed by atoms with Gasteiger partial charge < -0.3 is 5.11 Å². The Hall–Kier alpha value is -1.90. The van der Waals surface area contributed by atoms with E-state index < -0.39 is 5.97 Å². The first kappa shape index (κ1) is 10.6. The van der Waals surface area contributed by atoms with Gasteiger partial charge >= 0.3 is 5.97 Å². The summed E-state index contributed by atoms with van der Waals surface area (Å²) in [6.45, 7) is 2.00. The van der Waals surface area contributed by atoms with Crippen molar-refractivity contribution in [3.63, 3.8) is 0 Å². The third kappa shape index (κ3) is 2.03. The van der Waals surface area contributed by atoms with Crippen molar-refractivity contribution < 1.29 is 9.90 Å². The van der Waals surface area contributed by atoms with Gasteiger partial charge in [0.1, 0.15) is 0 Å². The fourth-order valence-electron chi connectivity index (χ4n) is 1.95. The van der Waals surface area contributed by atoms with Crippen LogP contribution in [0.4, 0.5) is 0 Å². The van der Waals surface area contributed by atoms with Gasteiger partial charge in [-0.15, -0.1) is 0 Å². The summed E-state index contributed by atoms with van der Waals surface area (Å²) in [5.74, 6) is -0.760. The molecule has 0 aliphatic rings. The number of nitrogens with zero attached hydrogens (tertiary/aromatic N) is 1. The number of rotatable bonds is 3. The number of aliphatic carboxylic acids is 1. The predicted molar refractivity (Wildman–Crippen MR) is 62.4 cm³/mol. The number of hydrogen-bond acceptors (Lipinski definition) is 2. The number of aromatic nitrogens is 1. The summed E-state index contributed by atoms with van der Waals surface area (Å²) < 4.78 is 0. The lowest BCUT2D eigenvalue weighted by atomic mass is 9.99. The molecule has 3 nitrogen and oxygen atoms in total. The third-order valence-electron chi connectivity index (χ3n) is 2.67. The fourth-order valence-corrected chi connectivity index (χ4v) is 1.95. The van der Waals surface area contributed by atoms with E-state index in [-0.39, 0.29) is 6.42 Å². The van der Waals surface area contributed by atoms with Gasteiger partial charge in [0.05, 0.1) is 0 Å². The Labute approximate surface area is 93.7 Å². The lowest BCUT2D eigenvalue weighted by Gasteiger charge is -2.07. The van der Waals surface area contributed by atoms with E-state index in [1.54, 1.807) is 0 Å². The minimum Gasteiger partial charge on any atom is -0.481 e. The van der Waals surface area contributed by atoms with E-state index in [1.807, 2.05) is 37.5 Å². The first-order valence-electron chi connectivity index (χ1n) is 5.22. The summed E-state index contributed by atoms with van der Waals surface area (Å²) in [6.07, 6.45) is 4.36. The second-order valence-corrected chi connectivity index (χ2v) is 3.87. The maximum atomic E-state index is 10.6. The number of carboxylic acids is 1. The Morgan fingerprint density at radius 1 is 1.38 bits per heavy atom. The van der Waals surface area contributed by atoms with Gasteiger partial charge in [-0.05, 0) is 29.9 Å². The van der Waals surface area contributed by atoms with Gasteiger partial charge in [0, 0.05) is 24.2 Å². The monoisotopic (exact) mass is 215 g/mol. The molecule has 0 aliphatic carbocycles. The average molecular weight is 215 g/mol. The number of hydrogen-bond donors (Lipinski definition) is 1. The van der Waals surface area contributed by atoms with E-state index in [9.17, 15) is 4.79 Å². The molecule has 0 aliphatic heterocycles. The zero-order chi connectivity index (χ0) is 11.5. The largest absolute Gasteiger partial charge is 0.481 e. The first-order valence-corrected chi connectivity index (χ1v) is 5.22. The second kappa shape index (κ2) is 4.31. The Morgan fingerprint density at radius 3 is 2.94 bits per heavy atom. The maximum Gasteiger partial charge on any atom is 0.303 e. The van der Waals surface area contributed by atoms with E-state index in [2.05, 4.69) is 4.98 Å². The first-order chi connectivity index (χ1) is 7.68. The van der Waals surface area contributed by atoms with E-state index >= 15 is 0 Å². The van der Waals surface area contributed by atoms with Crippen LogP contribution in [0.3, 0.4) is 0 Å². The molecule has 0 atom stereocenters.